The summed E-state index contributed by atoms with van der Waals surface area (Å²) < 4.78 is 5.42. The number of hydrogen-bond donors (Lipinski definition) is 1. The summed E-state index contributed by atoms with van der Waals surface area (Å²) in [5.41, 5.74) is 0. The zero-order valence-electron chi connectivity index (χ0n) is 8.47. The lowest BCUT2D eigenvalue weighted by molar-refractivity contribution is 0.0704. The van der Waals surface area contributed by atoms with Crippen molar-refractivity contribution in [3.05, 3.63) is 0 Å². The van der Waals surface area contributed by atoms with Crippen LogP contribution in [0.2, 0.25) is 0 Å². The maximum absolute atomic E-state index is 5.42. The fourth-order valence-corrected chi connectivity index (χ4v) is 1.93. The van der Waals surface area contributed by atoms with Crippen LogP contribution in [0.25, 0.3) is 0 Å². The molecule has 1 aliphatic carbocycles. The second-order valence-electron chi connectivity index (χ2n) is 4.03. The van der Waals surface area contributed by atoms with Gasteiger partial charge in [0.1, 0.15) is 0 Å². The second-order valence-corrected chi connectivity index (χ2v) is 4.03. The molecule has 0 bridgehead atoms. The number of methoxy groups -OCH3 is 1. The van der Waals surface area contributed by atoms with Gasteiger partial charge < -0.3 is 10.1 Å². The number of nitrogens with one attached hydrogen (secondary N) is 1. The Hall–Kier alpha value is -0.0800. The van der Waals surface area contributed by atoms with Gasteiger partial charge in [0.2, 0.25) is 0 Å². The molecule has 0 saturated heterocycles. The van der Waals surface area contributed by atoms with Crippen molar-refractivity contribution in [2.45, 2.75) is 45.3 Å². The van der Waals surface area contributed by atoms with Crippen LogP contribution in [0.5, 0.6) is 0 Å². The normalized spacial score (nSPS) is 30.0. The Labute approximate surface area is 75.7 Å². The predicted octanol–water partition coefficient (Wildman–Crippen LogP) is 1.80. The highest BCUT2D eigenvalue weighted by Crippen LogP contribution is 2.27. The smallest absolute Gasteiger partial charge is 0.0611 e. The van der Waals surface area contributed by atoms with E-state index in [0.717, 1.165) is 12.5 Å². The van der Waals surface area contributed by atoms with Crippen LogP contribution >= 0.6 is 0 Å². The highest BCUT2D eigenvalue weighted by Gasteiger charge is 2.26. The third kappa shape index (κ3) is 2.76. The van der Waals surface area contributed by atoms with E-state index in [9.17, 15) is 0 Å². The highest BCUT2D eigenvalue weighted by molar-refractivity contribution is 4.79. The molecule has 0 radical (unpaired) electrons. The van der Waals surface area contributed by atoms with Gasteiger partial charge in [-0.25, -0.2) is 0 Å². The van der Waals surface area contributed by atoms with Crippen LogP contribution in [0.3, 0.4) is 0 Å². The minimum Gasteiger partial charge on any atom is -0.381 e. The van der Waals surface area contributed by atoms with E-state index >= 15 is 0 Å². The van der Waals surface area contributed by atoms with Gasteiger partial charge in [-0.15, -0.1) is 0 Å². The van der Waals surface area contributed by atoms with Gasteiger partial charge in [-0.3, -0.25) is 0 Å². The SMILES string of the molecule is COC1CCCC1CNC(C)C. The van der Waals surface area contributed by atoms with Gasteiger partial charge in [0.05, 0.1) is 6.10 Å². The van der Waals surface area contributed by atoms with Gasteiger partial charge in [-0.1, -0.05) is 20.3 Å². The van der Waals surface area contributed by atoms with Crippen LogP contribution in [0.15, 0.2) is 0 Å². The first-order valence-electron chi connectivity index (χ1n) is 5.00. The Morgan fingerprint density at radius 3 is 2.75 bits per heavy atom. The van der Waals surface area contributed by atoms with Crippen molar-refractivity contribution in [3.8, 4) is 0 Å². The molecule has 1 saturated carbocycles. The average molecular weight is 171 g/mol. The highest BCUT2D eigenvalue weighted by atomic mass is 16.5. The Bertz CT molecular complexity index is 125. The molecule has 0 amide bonds. The summed E-state index contributed by atoms with van der Waals surface area (Å²) in [6, 6.07) is 0.600. The molecule has 0 heterocycles. The van der Waals surface area contributed by atoms with E-state index in [2.05, 4.69) is 19.2 Å². The lowest BCUT2D eigenvalue weighted by atomic mass is 10.1. The Morgan fingerprint density at radius 1 is 1.42 bits per heavy atom. The van der Waals surface area contributed by atoms with Crippen LogP contribution < -0.4 is 5.32 Å². The molecule has 0 aromatic rings. The van der Waals surface area contributed by atoms with Crippen LogP contribution in [-0.4, -0.2) is 25.8 Å². The lowest BCUT2D eigenvalue weighted by Crippen LogP contribution is -2.32. The summed E-state index contributed by atoms with van der Waals surface area (Å²) in [7, 11) is 1.83. The van der Waals surface area contributed by atoms with E-state index in [0.29, 0.717) is 12.1 Å². The summed E-state index contributed by atoms with van der Waals surface area (Å²) in [5, 5.41) is 3.47. The van der Waals surface area contributed by atoms with E-state index in [-0.39, 0.29) is 0 Å². The monoisotopic (exact) mass is 171 g/mol. The van der Waals surface area contributed by atoms with Gasteiger partial charge in [0, 0.05) is 19.7 Å². The average Bonchev–Trinajstić information content (AvgIpc) is 2.47. The maximum atomic E-state index is 5.42. The number of hydrogen-bond acceptors (Lipinski definition) is 2. The molecule has 2 nitrogen and oxygen atoms in total. The van der Waals surface area contributed by atoms with Gasteiger partial charge in [-0.2, -0.15) is 0 Å². The minimum absolute atomic E-state index is 0.510. The molecule has 2 heteroatoms. The first-order valence-corrected chi connectivity index (χ1v) is 5.00. The third-order valence-electron chi connectivity index (χ3n) is 2.68. The number of rotatable bonds is 4. The minimum atomic E-state index is 0.510. The van der Waals surface area contributed by atoms with Gasteiger partial charge >= 0.3 is 0 Å². The molecule has 0 aromatic carbocycles. The Balaban J connectivity index is 2.21. The largest absolute Gasteiger partial charge is 0.381 e. The Kier molecular flexibility index (Phi) is 4.02. The van der Waals surface area contributed by atoms with Crippen molar-refractivity contribution in [3.63, 3.8) is 0 Å². The molecule has 2 atom stereocenters. The molecule has 0 aromatic heterocycles. The molecular formula is C10H21NO. The van der Waals surface area contributed by atoms with E-state index in [4.69, 9.17) is 4.74 Å². The third-order valence-corrected chi connectivity index (χ3v) is 2.68. The van der Waals surface area contributed by atoms with Crippen LogP contribution in [0, 0.1) is 5.92 Å². The number of ether oxygens (including phenoxy) is 1. The van der Waals surface area contributed by atoms with Gasteiger partial charge in [0.25, 0.3) is 0 Å². The zero-order valence-corrected chi connectivity index (χ0v) is 8.47. The quantitative estimate of drug-likeness (QED) is 0.696. The van der Waals surface area contributed by atoms with E-state index in [1.54, 1.807) is 0 Å². The molecule has 72 valence electrons. The fraction of sp³-hybridized carbons (Fsp3) is 1.00. The molecular weight excluding hydrogens is 150 g/mol. The fourth-order valence-electron chi connectivity index (χ4n) is 1.93. The van der Waals surface area contributed by atoms with E-state index in [1.165, 1.54) is 19.3 Å². The Morgan fingerprint density at radius 2 is 2.17 bits per heavy atom. The van der Waals surface area contributed by atoms with Crippen LogP contribution in [0.4, 0.5) is 0 Å². The summed E-state index contributed by atoms with van der Waals surface area (Å²) in [5.74, 6) is 0.748. The zero-order chi connectivity index (χ0) is 8.97. The molecule has 0 aliphatic heterocycles. The van der Waals surface area contributed by atoms with Crippen LogP contribution in [-0.2, 0) is 4.74 Å². The van der Waals surface area contributed by atoms with Crippen molar-refractivity contribution in [1.29, 1.82) is 0 Å². The van der Waals surface area contributed by atoms with E-state index in [1.807, 2.05) is 7.11 Å². The topological polar surface area (TPSA) is 21.3 Å². The summed E-state index contributed by atoms with van der Waals surface area (Å²) in [6.45, 7) is 5.50. The summed E-state index contributed by atoms with van der Waals surface area (Å²) in [4.78, 5) is 0. The maximum Gasteiger partial charge on any atom is 0.0611 e. The van der Waals surface area contributed by atoms with Crippen LogP contribution in [0.1, 0.15) is 33.1 Å². The van der Waals surface area contributed by atoms with Crippen molar-refractivity contribution in [2.75, 3.05) is 13.7 Å². The first-order chi connectivity index (χ1) is 5.74. The van der Waals surface area contributed by atoms with Gasteiger partial charge in [0.15, 0.2) is 0 Å². The molecule has 1 fully saturated rings. The summed E-state index contributed by atoms with van der Waals surface area (Å²) >= 11 is 0. The van der Waals surface area contributed by atoms with Crippen molar-refractivity contribution in [2.24, 2.45) is 5.92 Å². The van der Waals surface area contributed by atoms with Crippen molar-refractivity contribution in [1.82, 2.24) is 5.32 Å². The van der Waals surface area contributed by atoms with Gasteiger partial charge in [-0.05, 0) is 18.8 Å². The first kappa shape index (κ1) is 10.0. The second kappa shape index (κ2) is 4.83. The molecule has 12 heavy (non-hydrogen) atoms. The lowest BCUT2D eigenvalue weighted by Gasteiger charge is -2.19. The molecule has 0 spiro atoms. The molecule has 2 unspecified atom stereocenters. The van der Waals surface area contributed by atoms with Crippen molar-refractivity contribution >= 4 is 0 Å². The molecule has 1 N–H and O–H groups in total. The molecule has 1 rings (SSSR count). The van der Waals surface area contributed by atoms with E-state index < -0.39 is 0 Å². The molecule has 1 aliphatic rings. The predicted molar refractivity (Wildman–Crippen MR) is 51.3 cm³/mol. The summed E-state index contributed by atoms with van der Waals surface area (Å²) in [6.07, 6.45) is 4.43. The standard InChI is InChI=1S/C10H21NO/c1-8(2)11-7-9-5-4-6-10(9)12-3/h8-11H,4-7H2,1-3H3. The van der Waals surface area contributed by atoms with Crippen molar-refractivity contribution < 1.29 is 4.74 Å².